The Kier molecular flexibility index (Phi) is 2.32. The standard InChI is InChI=1S/C7H6N2O2/c10-5-6-1-3-7(4-2-6)8-9-11/h1-5H,(H,8,11). The van der Waals surface area contributed by atoms with Gasteiger partial charge in [-0.1, -0.05) is 0 Å². The van der Waals surface area contributed by atoms with E-state index in [1.807, 2.05) is 0 Å². The molecule has 0 amide bonds. The Bertz CT molecular complexity index is 256. The highest BCUT2D eigenvalue weighted by molar-refractivity contribution is 5.75. The number of nitrogens with zero attached hydrogens (tertiary/aromatic N) is 1. The van der Waals surface area contributed by atoms with Gasteiger partial charge in [-0.25, -0.2) is 5.43 Å². The van der Waals surface area contributed by atoms with Crippen LogP contribution in [0, 0.1) is 4.91 Å². The summed E-state index contributed by atoms with van der Waals surface area (Å²) in [5, 5.41) is 2.47. The smallest absolute Gasteiger partial charge is 0.150 e. The fourth-order valence-corrected chi connectivity index (χ4v) is 0.689. The minimum atomic E-state index is 0.571. The predicted octanol–water partition coefficient (Wildman–Crippen LogP) is 1.59. The van der Waals surface area contributed by atoms with Crippen LogP contribution in [0.5, 0.6) is 0 Å². The maximum atomic E-state index is 10.2. The lowest BCUT2D eigenvalue weighted by Crippen LogP contribution is -1.85. The highest BCUT2D eigenvalue weighted by Crippen LogP contribution is 2.07. The summed E-state index contributed by atoms with van der Waals surface area (Å²) in [7, 11) is 0. The number of nitroso groups, excluding NO2 is 1. The summed E-state index contributed by atoms with van der Waals surface area (Å²) in [5.74, 6) is 0. The van der Waals surface area contributed by atoms with Crippen LogP contribution in [0.25, 0.3) is 0 Å². The average molecular weight is 150 g/mol. The third-order valence-electron chi connectivity index (χ3n) is 1.22. The van der Waals surface area contributed by atoms with Crippen LogP contribution in [0.15, 0.2) is 29.6 Å². The second-order valence-electron chi connectivity index (χ2n) is 1.94. The first-order chi connectivity index (χ1) is 5.36. The van der Waals surface area contributed by atoms with Crippen molar-refractivity contribution >= 4 is 12.0 Å². The number of hydrogen-bond donors (Lipinski definition) is 1. The maximum absolute atomic E-state index is 10.2. The van der Waals surface area contributed by atoms with Crippen LogP contribution >= 0.6 is 0 Å². The number of carbonyl (C=O) groups is 1. The van der Waals surface area contributed by atoms with Crippen LogP contribution in [0.2, 0.25) is 0 Å². The number of anilines is 1. The number of rotatable bonds is 3. The molecule has 1 aromatic rings. The maximum Gasteiger partial charge on any atom is 0.150 e. The fraction of sp³-hybridized carbons (Fsp3) is 0. The van der Waals surface area contributed by atoms with E-state index < -0.39 is 0 Å². The molecule has 1 rings (SSSR count). The lowest BCUT2D eigenvalue weighted by atomic mass is 10.2. The van der Waals surface area contributed by atoms with Gasteiger partial charge in [-0.2, -0.15) is 0 Å². The SMILES string of the molecule is O=Cc1ccc(NN=O)cc1. The second kappa shape index (κ2) is 3.46. The van der Waals surface area contributed by atoms with E-state index in [1.165, 1.54) is 0 Å². The molecule has 0 heterocycles. The normalized spacial score (nSPS) is 8.73. The molecule has 0 fully saturated rings. The van der Waals surface area contributed by atoms with Crippen LogP contribution < -0.4 is 5.43 Å². The molecule has 4 heteroatoms. The van der Waals surface area contributed by atoms with Crippen molar-refractivity contribution in [3.8, 4) is 0 Å². The predicted molar refractivity (Wildman–Crippen MR) is 41.2 cm³/mol. The highest BCUT2D eigenvalue weighted by atomic mass is 16.3. The third-order valence-corrected chi connectivity index (χ3v) is 1.22. The molecule has 0 aliphatic rings. The minimum absolute atomic E-state index is 0.571. The van der Waals surface area contributed by atoms with Crippen molar-refractivity contribution in [3.63, 3.8) is 0 Å². The van der Waals surface area contributed by atoms with Crippen molar-refractivity contribution in [2.24, 2.45) is 5.29 Å². The minimum Gasteiger partial charge on any atom is -0.298 e. The molecule has 0 radical (unpaired) electrons. The molecule has 0 aliphatic carbocycles. The first kappa shape index (κ1) is 7.40. The molecule has 4 nitrogen and oxygen atoms in total. The Balaban J connectivity index is 2.81. The number of aldehydes is 1. The summed E-state index contributed by atoms with van der Waals surface area (Å²) < 4.78 is 0. The molecule has 1 N–H and O–H groups in total. The van der Waals surface area contributed by atoms with Crippen molar-refractivity contribution in [3.05, 3.63) is 34.7 Å². The van der Waals surface area contributed by atoms with Gasteiger partial charge in [-0.05, 0) is 24.3 Å². The summed E-state index contributed by atoms with van der Waals surface area (Å²) in [6, 6.07) is 6.40. The zero-order valence-electron chi connectivity index (χ0n) is 5.65. The molecule has 0 atom stereocenters. The molecule has 0 aliphatic heterocycles. The Morgan fingerprint density at radius 2 is 1.91 bits per heavy atom. The lowest BCUT2D eigenvalue weighted by molar-refractivity contribution is 0.112. The van der Waals surface area contributed by atoms with E-state index in [0.717, 1.165) is 6.29 Å². The van der Waals surface area contributed by atoms with Gasteiger partial charge in [-0.3, -0.25) is 4.79 Å². The van der Waals surface area contributed by atoms with Gasteiger partial charge in [-0.15, -0.1) is 4.91 Å². The van der Waals surface area contributed by atoms with Crippen LogP contribution in [-0.2, 0) is 0 Å². The Labute approximate surface area is 63.2 Å². The first-order valence-electron chi connectivity index (χ1n) is 3.00. The molecule has 11 heavy (non-hydrogen) atoms. The van der Waals surface area contributed by atoms with Crippen LogP contribution in [0.1, 0.15) is 10.4 Å². The highest BCUT2D eigenvalue weighted by Gasteiger charge is 1.90. The summed E-state index contributed by atoms with van der Waals surface area (Å²) in [6.07, 6.45) is 0.734. The summed E-state index contributed by atoms with van der Waals surface area (Å²) >= 11 is 0. The lowest BCUT2D eigenvalue weighted by Gasteiger charge is -1.94. The Morgan fingerprint density at radius 3 is 2.36 bits per heavy atom. The van der Waals surface area contributed by atoms with E-state index in [-0.39, 0.29) is 0 Å². The molecule has 0 saturated carbocycles. The van der Waals surface area contributed by atoms with Crippen LogP contribution in [-0.4, -0.2) is 6.29 Å². The fourth-order valence-electron chi connectivity index (χ4n) is 0.689. The van der Waals surface area contributed by atoms with Gasteiger partial charge in [0.05, 0.1) is 11.0 Å². The second-order valence-corrected chi connectivity index (χ2v) is 1.94. The molecular formula is C7H6N2O2. The quantitative estimate of drug-likeness (QED) is 0.404. The van der Waals surface area contributed by atoms with Crippen LogP contribution in [0.3, 0.4) is 0 Å². The summed E-state index contributed by atoms with van der Waals surface area (Å²) in [5.41, 5.74) is 3.36. The van der Waals surface area contributed by atoms with E-state index in [0.29, 0.717) is 11.3 Å². The Morgan fingerprint density at radius 1 is 1.27 bits per heavy atom. The molecular weight excluding hydrogens is 144 g/mol. The van der Waals surface area contributed by atoms with Gasteiger partial charge < -0.3 is 0 Å². The zero-order chi connectivity index (χ0) is 8.10. The largest absolute Gasteiger partial charge is 0.298 e. The average Bonchev–Trinajstić information content (AvgIpc) is 2.07. The summed E-state index contributed by atoms with van der Waals surface area (Å²) in [4.78, 5) is 19.9. The Hall–Kier alpha value is -1.71. The summed E-state index contributed by atoms with van der Waals surface area (Å²) in [6.45, 7) is 0. The van der Waals surface area contributed by atoms with Gasteiger partial charge in [0.15, 0.2) is 0 Å². The van der Waals surface area contributed by atoms with E-state index in [1.54, 1.807) is 24.3 Å². The molecule has 0 bridgehead atoms. The zero-order valence-corrected chi connectivity index (χ0v) is 5.65. The molecule has 56 valence electrons. The van der Waals surface area contributed by atoms with Crippen molar-refractivity contribution in [1.29, 1.82) is 0 Å². The van der Waals surface area contributed by atoms with Crippen molar-refractivity contribution in [1.82, 2.24) is 0 Å². The number of carbonyl (C=O) groups excluding carboxylic acids is 1. The van der Waals surface area contributed by atoms with Gasteiger partial charge in [0.1, 0.15) is 6.29 Å². The topological polar surface area (TPSA) is 58.5 Å². The van der Waals surface area contributed by atoms with Gasteiger partial charge >= 0.3 is 0 Å². The van der Waals surface area contributed by atoms with E-state index in [2.05, 4.69) is 10.7 Å². The molecule has 0 saturated heterocycles. The molecule has 0 unspecified atom stereocenters. The van der Waals surface area contributed by atoms with Gasteiger partial charge in [0.2, 0.25) is 0 Å². The number of benzene rings is 1. The molecule has 0 aromatic heterocycles. The van der Waals surface area contributed by atoms with E-state index in [9.17, 15) is 9.70 Å². The van der Waals surface area contributed by atoms with Gasteiger partial charge in [0.25, 0.3) is 0 Å². The number of nitrogens with one attached hydrogen (secondary N) is 1. The van der Waals surface area contributed by atoms with Crippen molar-refractivity contribution < 1.29 is 4.79 Å². The van der Waals surface area contributed by atoms with E-state index >= 15 is 0 Å². The number of hydrogen-bond acceptors (Lipinski definition) is 3. The van der Waals surface area contributed by atoms with Crippen molar-refractivity contribution in [2.45, 2.75) is 0 Å². The monoisotopic (exact) mass is 150 g/mol. The molecule has 0 spiro atoms. The molecule has 1 aromatic carbocycles. The first-order valence-corrected chi connectivity index (χ1v) is 3.00. The van der Waals surface area contributed by atoms with Gasteiger partial charge in [0, 0.05) is 5.56 Å². The van der Waals surface area contributed by atoms with Crippen molar-refractivity contribution in [2.75, 3.05) is 5.43 Å². The third kappa shape index (κ3) is 1.86. The van der Waals surface area contributed by atoms with Crippen LogP contribution in [0.4, 0.5) is 5.69 Å². The van der Waals surface area contributed by atoms with E-state index in [4.69, 9.17) is 0 Å².